The van der Waals surface area contributed by atoms with Gasteiger partial charge in [-0.25, -0.2) is 4.79 Å². The number of nitrogens with zero attached hydrogens (tertiary/aromatic N) is 2. The molecule has 1 amide bonds. The Balaban J connectivity index is 1.63. The van der Waals surface area contributed by atoms with Gasteiger partial charge in [0, 0.05) is 12.2 Å². The van der Waals surface area contributed by atoms with Crippen LogP contribution in [0.2, 0.25) is 0 Å². The molecule has 0 atom stereocenters. The van der Waals surface area contributed by atoms with Gasteiger partial charge in [-0.05, 0) is 55.2 Å². The van der Waals surface area contributed by atoms with Crippen molar-refractivity contribution in [3.8, 4) is 11.8 Å². The molecule has 0 radical (unpaired) electrons. The largest absolute Gasteiger partial charge is 0.494 e. The lowest BCUT2D eigenvalue weighted by molar-refractivity contribution is -0.143. The van der Waals surface area contributed by atoms with Gasteiger partial charge in [-0.15, -0.1) is 0 Å². The lowest BCUT2D eigenvalue weighted by Gasteiger charge is -2.29. The van der Waals surface area contributed by atoms with Crippen molar-refractivity contribution in [1.82, 2.24) is 0 Å². The van der Waals surface area contributed by atoms with Gasteiger partial charge in [0.05, 0.1) is 6.61 Å². The van der Waals surface area contributed by atoms with E-state index in [2.05, 4.69) is 0 Å². The Labute approximate surface area is 170 Å². The fraction of sp³-hybridized carbons (Fsp3) is 0.261. The first kappa shape index (κ1) is 20.2. The van der Waals surface area contributed by atoms with Crippen molar-refractivity contribution in [2.45, 2.75) is 19.8 Å². The zero-order valence-electron chi connectivity index (χ0n) is 16.3. The van der Waals surface area contributed by atoms with Crippen molar-refractivity contribution in [2.24, 2.45) is 0 Å². The van der Waals surface area contributed by atoms with Gasteiger partial charge in [-0.1, -0.05) is 30.3 Å². The Morgan fingerprint density at radius 1 is 1.17 bits per heavy atom. The number of esters is 1. The summed E-state index contributed by atoms with van der Waals surface area (Å²) in [6.07, 6.45) is 3.21. The highest BCUT2D eigenvalue weighted by atomic mass is 16.5. The summed E-state index contributed by atoms with van der Waals surface area (Å²) in [5.74, 6) is -0.415. The minimum absolute atomic E-state index is 0.166. The van der Waals surface area contributed by atoms with Crippen LogP contribution in [0.1, 0.15) is 24.5 Å². The number of aryl methyl sites for hydroxylation is 1. The van der Waals surface area contributed by atoms with Crippen LogP contribution in [0.5, 0.6) is 5.75 Å². The van der Waals surface area contributed by atoms with Crippen LogP contribution in [-0.2, 0) is 20.7 Å². The first-order valence-corrected chi connectivity index (χ1v) is 9.52. The van der Waals surface area contributed by atoms with E-state index in [1.807, 2.05) is 37.3 Å². The predicted molar refractivity (Wildman–Crippen MR) is 109 cm³/mol. The summed E-state index contributed by atoms with van der Waals surface area (Å²) in [6, 6.07) is 16.5. The van der Waals surface area contributed by atoms with Crippen LogP contribution in [0.25, 0.3) is 6.08 Å². The highest BCUT2D eigenvalue weighted by molar-refractivity contribution is 6.01. The molecule has 2 aromatic carbocycles. The summed E-state index contributed by atoms with van der Waals surface area (Å²) in [6.45, 7) is 2.62. The summed E-state index contributed by atoms with van der Waals surface area (Å²) < 4.78 is 10.5. The maximum absolute atomic E-state index is 12.6. The number of hydrogen-bond acceptors (Lipinski definition) is 5. The summed E-state index contributed by atoms with van der Waals surface area (Å²) in [7, 11) is 0. The number of nitriles is 1. The number of anilines is 1. The molecule has 0 fully saturated rings. The number of fused-ring (bicyclic) bond motifs is 1. The summed E-state index contributed by atoms with van der Waals surface area (Å²) in [4.78, 5) is 26.5. The Hall–Kier alpha value is -3.59. The number of rotatable bonds is 6. The molecule has 0 N–H and O–H groups in total. The number of hydrogen-bond donors (Lipinski definition) is 0. The maximum Gasteiger partial charge on any atom is 0.349 e. The van der Waals surface area contributed by atoms with E-state index in [1.165, 1.54) is 6.08 Å². The van der Waals surface area contributed by atoms with E-state index in [-0.39, 0.29) is 11.5 Å². The van der Waals surface area contributed by atoms with Crippen LogP contribution in [-0.4, -0.2) is 31.6 Å². The molecule has 0 saturated heterocycles. The zero-order valence-corrected chi connectivity index (χ0v) is 16.3. The smallest absolute Gasteiger partial charge is 0.349 e. The van der Waals surface area contributed by atoms with Crippen LogP contribution < -0.4 is 9.64 Å². The number of ether oxygens (including phenoxy) is 2. The van der Waals surface area contributed by atoms with Crippen molar-refractivity contribution < 1.29 is 19.1 Å². The van der Waals surface area contributed by atoms with Gasteiger partial charge < -0.3 is 14.4 Å². The van der Waals surface area contributed by atoms with E-state index in [0.717, 1.165) is 24.1 Å². The van der Waals surface area contributed by atoms with Gasteiger partial charge in [-0.3, -0.25) is 4.79 Å². The average Bonchev–Trinajstić information content (AvgIpc) is 2.76. The third-order valence-electron chi connectivity index (χ3n) is 4.58. The fourth-order valence-electron chi connectivity index (χ4n) is 3.21. The molecule has 0 spiro atoms. The van der Waals surface area contributed by atoms with Crippen molar-refractivity contribution in [1.29, 1.82) is 5.26 Å². The molecule has 0 bridgehead atoms. The standard InChI is InChI=1S/C23H22N2O4/c1-2-28-20-11-9-17(10-12-20)14-19(15-24)23(27)29-16-22(26)25-13-5-7-18-6-3-4-8-21(18)25/h3-4,6,8-12,14H,2,5,7,13,16H2,1H3/b19-14+. The topological polar surface area (TPSA) is 79.6 Å². The Morgan fingerprint density at radius 2 is 1.93 bits per heavy atom. The second-order valence-electron chi connectivity index (χ2n) is 6.53. The predicted octanol–water partition coefficient (Wildman–Crippen LogP) is 3.51. The highest BCUT2D eigenvalue weighted by Gasteiger charge is 2.23. The summed E-state index contributed by atoms with van der Waals surface area (Å²) in [5.41, 5.74) is 2.45. The first-order chi connectivity index (χ1) is 14.1. The summed E-state index contributed by atoms with van der Waals surface area (Å²) in [5, 5.41) is 9.30. The molecule has 6 nitrogen and oxygen atoms in total. The van der Waals surface area contributed by atoms with Crippen molar-refractivity contribution in [3.05, 3.63) is 65.2 Å². The van der Waals surface area contributed by atoms with Crippen LogP contribution >= 0.6 is 0 Å². The second-order valence-corrected chi connectivity index (χ2v) is 6.53. The van der Waals surface area contributed by atoms with Crippen molar-refractivity contribution in [2.75, 3.05) is 24.7 Å². The highest BCUT2D eigenvalue weighted by Crippen LogP contribution is 2.26. The molecule has 0 aromatic heterocycles. The maximum atomic E-state index is 12.6. The molecule has 3 rings (SSSR count). The van der Waals surface area contributed by atoms with E-state index in [4.69, 9.17) is 9.47 Å². The quantitative estimate of drug-likeness (QED) is 0.428. The van der Waals surface area contributed by atoms with Crippen molar-refractivity contribution >= 4 is 23.6 Å². The lowest BCUT2D eigenvalue weighted by Crippen LogP contribution is -2.38. The van der Waals surface area contributed by atoms with Crippen LogP contribution in [0, 0.1) is 11.3 Å². The van der Waals surface area contributed by atoms with Gasteiger partial charge in [0.1, 0.15) is 17.4 Å². The summed E-state index contributed by atoms with van der Waals surface area (Å²) >= 11 is 0. The van der Waals surface area contributed by atoms with E-state index >= 15 is 0 Å². The molecule has 2 aromatic rings. The minimum Gasteiger partial charge on any atom is -0.494 e. The number of carbonyl (C=O) groups excluding carboxylic acids is 2. The normalized spacial score (nSPS) is 13.2. The molecule has 148 valence electrons. The number of benzene rings is 2. The molecular weight excluding hydrogens is 368 g/mol. The van der Waals surface area contributed by atoms with Gasteiger partial charge in [0.15, 0.2) is 6.61 Å². The van der Waals surface area contributed by atoms with E-state index in [9.17, 15) is 14.9 Å². The van der Waals surface area contributed by atoms with E-state index in [0.29, 0.717) is 24.5 Å². The molecule has 1 heterocycles. The van der Waals surface area contributed by atoms with Crippen LogP contribution in [0.3, 0.4) is 0 Å². The third-order valence-corrected chi connectivity index (χ3v) is 4.58. The second kappa shape index (κ2) is 9.56. The number of para-hydroxylation sites is 1. The van der Waals surface area contributed by atoms with Gasteiger partial charge in [0.2, 0.25) is 0 Å². The SMILES string of the molecule is CCOc1ccc(/C=C(\C#N)C(=O)OCC(=O)N2CCCc3ccccc32)cc1. The Morgan fingerprint density at radius 3 is 2.66 bits per heavy atom. The monoisotopic (exact) mass is 390 g/mol. The Bertz CT molecular complexity index is 958. The Kier molecular flexibility index (Phi) is 6.64. The number of carbonyl (C=O) groups is 2. The molecule has 6 heteroatoms. The van der Waals surface area contributed by atoms with Gasteiger partial charge >= 0.3 is 5.97 Å². The van der Waals surface area contributed by atoms with Gasteiger partial charge in [0.25, 0.3) is 5.91 Å². The third kappa shape index (κ3) is 5.02. The van der Waals surface area contributed by atoms with E-state index < -0.39 is 12.6 Å². The molecular formula is C23H22N2O4. The molecule has 0 saturated carbocycles. The molecule has 29 heavy (non-hydrogen) atoms. The number of amides is 1. The lowest BCUT2D eigenvalue weighted by atomic mass is 10.0. The zero-order chi connectivity index (χ0) is 20.6. The molecule has 0 aliphatic carbocycles. The van der Waals surface area contributed by atoms with Crippen molar-refractivity contribution in [3.63, 3.8) is 0 Å². The molecule has 1 aliphatic rings. The van der Waals surface area contributed by atoms with Crippen LogP contribution in [0.4, 0.5) is 5.69 Å². The molecule has 1 aliphatic heterocycles. The van der Waals surface area contributed by atoms with E-state index in [1.54, 1.807) is 29.2 Å². The first-order valence-electron chi connectivity index (χ1n) is 9.52. The van der Waals surface area contributed by atoms with Crippen LogP contribution in [0.15, 0.2) is 54.1 Å². The minimum atomic E-state index is -0.819. The molecule has 0 unspecified atom stereocenters. The average molecular weight is 390 g/mol. The fourth-order valence-corrected chi connectivity index (χ4v) is 3.21. The van der Waals surface area contributed by atoms with Gasteiger partial charge in [-0.2, -0.15) is 5.26 Å².